The molecular formula is C16H21N3. The second-order valence-electron chi connectivity index (χ2n) is 6.34. The Morgan fingerprint density at radius 2 is 2.11 bits per heavy atom. The molecule has 1 aromatic carbocycles. The summed E-state index contributed by atoms with van der Waals surface area (Å²) in [6.07, 6.45) is 5.97. The number of hydrogen-bond donors (Lipinski definition) is 1. The van der Waals surface area contributed by atoms with E-state index in [2.05, 4.69) is 43.2 Å². The average Bonchev–Trinajstić information content (AvgIpc) is 2.65. The molecule has 0 spiro atoms. The van der Waals surface area contributed by atoms with E-state index in [0.717, 1.165) is 23.7 Å². The zero-order chi connectivity index (χ0) is 13.6. The van der Waals surface area contributed by atoms with Gasteiger partial charge in [-0.05, 0) is 47.9 Å². The van der Waals surface area contributed by atoms with E-state index in [1.165, 1.54) is 17.6 Å². The van der Waals surface area contributed by atoms with Crippen LogP contribution in [0.2, 0.25) is 0 Å². The van der Waals surface area contributed by atoms with Gasteiger partial charge in [-0.25, -0.2) is 0 Å². The molecule has 100 valence electrons. The Morgan fingerprint density at radius 1 is 1.32 bits per heavy atom. The molecule has 3 heteroatoms. The predicted molar refractivity (Wildman–Crippen MR) is 80.7 cm³/mol. The first-order valence-corrected chi connectivity index (χ1v) is 6.88. The lowest BCUT2D eigenvalue weighted by Gasteiger charge is -2.28. The third-order valence-corrected chi connectivity index (χ3v) is 4.22. The molecule has 1 aliphatic rings. The monoisotopic (exact) mass is 255 g/mol. The van der Waals surface area contributed by atoms with Crippen LogP contribution < -0.4 is 5.73 Å². The number of allylic oxidation sites excluding steroid dienone is 2. The predicted octanol–water partition coefficient (Wildman–Crippen LogP) is 3.75. The van der Waals surface area contributed by atoms with Gasteiger partial charge in [-0.2, -0.15) is 5.10 Å². The summed E-state index contributed by atoms with van der Waals surface area (Å²) in [5, 5.41) is 5.32. The topological polar surface area (TPSA) is 43.8 Å². The van der Waals surface area contributed by atoms with E-state index in [9.17, 15) is 0 Å². The molecule has 0 aliphatic heterocycles. The molecule has 1 aromatic heterocycles. The van der Waals surface area contributed by atoms with E-state index in [1.54, 1.807) is 0 Å². The van der Waals surface area contributed by atoms with Crippen LogP contribution >= 0.6 is 0 Å². The molecule has 2 aromatic rings. The van der Waals surface area contributed by atoms with Gasteiger partial charge in [0.15, 0.2) is 5.82 Å². The number of benzene rings is 1. The Kier molecular flexibility index (Phi) is 2.66. The molecule has 0 radical (unpaired) electrons. The zero-order valence-corrected chi connectivity index (χ0v) is 11.9. The van der Waals surface area contributed by atoms with Crippen LogP contribution in [0.25, 0.3) is 16.5 Å². The summed E-state index contributed by atoms with van der Waals surface area (Å²) in [5.74, 6) is 0.614. The number of nitrogens with zero attached hydrogens (tertiary/aromatic N) is 2. The van der Waals surface area contributed by atoms with E-state index >= 15 is 0 Å². The molecule has 0 unspecified atom stereocenters. The van der Waals surface area contributed by atoms with Crippen molar-refractivity contribution in [1.82, 2.24) is 9.78 Å². The highest BCUT2D eigenvalue weighted by atomic mass is 15.3. The lowest BCUT2D eigenvalue weighted by molar-refractivity contribution is 0.335. The fourth-order valence-corrected chi connectivity index (χ4v) is 2.82. The van der Waals surface area contributed by atoms with Gasteiger partial charge in [-0.1, -0.05) is 26.0 Å². The van der Waals surface area contributed by atoms with Crippen LogP contribution in [0.5, 0.6) is 0 Å². The first-order chi connectivity index (χ1) is 8.96. The number of fused-ring (bicyclic) bond motifs is 1. The quantitative estimate of drug-likeness (QED) is 0.843. The molecule has 0 saturated carbocycles. The summed E-state index contributed by atoms with van der Waals surface area (Å²) in [4.78, 5) is 0. The van der Waals surface area contributed by atoms with E-state index in [4.69, 9.17) is 5.73 Å². The van der Waals surface area contributed by atoms with Crippen molar-refractivity contribution in [2.24, 2.45) is 12.5 Å². The van der Waals surface area contributed by atoms with E-state index in [1.807, 2.05) is 11.7 Å². The molecule has 19 heavy (non-hydrogen) atoms. The summed E-state index contributed by atoms with van der Waals surface area (Å²) >= 11 is 0. The number of anilines is 1. The van der Waals surface area contributed by atoms with Crippen molar-refractivity contribution in [3.63, 3.8) is 0 Å². The maximum atomic E-state index is 5.89. The first-order valence-electron chi connectivity index (χ1n) is 6.88. The highest BCUT2D eigenvalue weighted by molar-refractivity contribution is 5.91. The summed E-state index contributed by atoms with van der Waals surface area (Å²) in [6, 6.07) is 6.47. The molecular weight excluding hydrogens is 234 g/mol. The second kappa shape index (κ2) is 4.12. The molecule has 2 N–H and O–H groups in total. The van der Waals surface area contributed by atoms with Crippen molar-refractivity contribution in [1.29, 1.82) is 0 Å². The van der Waals surface area contributed by atoms with Crippen molar-refractivity contribution in [2.75, 3.05) is 5.73 Å². The molecule has 0 amide bonds. The Bertz CT molecular complexity index is 662. The van der Waals surface area contributed by atoms with Crippen molar-refractivity contribution < 1.29 is 0 Å². The van der Waals surface area contributed by atoms with Crippen LogP contribution in [-0.2, 0) is 7.05 Å². The number of nitrogens with two attached hydrogens (primary N) is 1. The summed E-state index contributed by atoms with van der Waals surface area (Å²) in [5.41, 5.74) is 10.2. The molecule has 1 aliphatic carbocycles. The molecule has 0 fully saturated rings. The Hall–Kier alpha value is -1.77. The van der Waals surface area contributed by atoms with Gasteiger partial charge in [-0.3, -0.25) is 4.68 Å². The first kappa shape index (κ1) is 12.3. The Balaban J connectivity index is 2.03. The van der Waals surface area contributed by atoms with Gasteiger partial charge in [0, 0.05) is 12.4 Å². The Morgan fingerprint density at radius 3 is 2.79 bits per heavy atom. The minimum atomic E-state index is 0.449. The molecule has 3 nitrogen and oxygen atoms in total. The summed E-state index contributed by atoms with van der Waals surface area (Å²) < 4.78 is 1.86. The van der Waals surface area contributed by atoms with Crippen LogP contribution in [0, 0.1) is 5.41 Å². The lowest BCUT2D eigenvalue weighted by Crippen LogP contribution is -2.14. The molecule has 3 rings (SSSR count). The highest BCUT2D eigenvalue weighted by Crippen LogP contribution is 2.38. The van der Waals surface area contributed by atoms with E-state index in [-0.39, 0.29) is 0 Å². The Labute approximate surface area is 114 Å². The van der Waals surface area contributed by atoms with E-state index < -0.39 is 0 Å². The van der Waals surface area contributed by atoms with Gasteiger partial charge in [0.25, 0.3) is 0 Å². The summed E-state index contributed by atoms with van der Waals surface area (Å²) in [7, 11) is 1.95. The fourth-order valence-electron chi connectivity index (χ4n) is 2.82. The normalized spacial score (nSPS) is 18.6. The third-order valence-electron chi connectivity index (χ3n) is 4.22. The maximum Gasteiger partial charge on any atom is 0.153 e. The highest BCUT2D eigenvalue weighted by Gasteiger charge is 2.22. The smallest absolute Gasteiger partial charge is 0.153 e. The molecule has 0 atom stereocenters. The minimum Gasteiger partial charge on any atom is -0.382 e. The number of aromatic nitrogens is 2. The van der Waals surface area contributed by atoms with Gasteiger partial charge in [0.1, 0.15) is 0 Å². The second-order valence-corrected chi connectivity index (χ2v) is 6.34. The van der Waals surface area contributed by atoms with E-state index in [0.29, 0.717) is 11.2 Å². The number of nitrogen functional groups attached to an aromatic ring is 1. The zero-order valence-electron chi connectivity index (χ0n) is 11.9. The van der Waals surface area contributed by atoms with Crippen molar-refractivity contribution in [2.45, 2.75) is 33.1 Å². The van der Waals surface area contributed by atoms with Gasteiger partial charge < -0.3 is 5.73 Å². The fraction of sp³-hybridized carbons (Fsp3) is 0.438. The maximum absolute atomic E-state index is 5.89. The summed E-state index contributed by atoms with van der Waals surface area (Å²) in [6.45, 7) is 4.68. The van der Waals surface area contributed by atoms with Crippen LogP contribution in [0.3, 0.4) is 0 Å². The van der Waals surface area contributed by atoms with Gasteiger partial charge in [-0.15, -0.1) is 0 Å². The largest absolute Gasteiger partial charge is 0.382 e. The van der Waals surface area contributed by atoms with Gasteiger partial charge >= 0.3 is 0 Å². The standard InChI is InChI=1S/C16H21N3/c1-16(2)8-6-11(7-9-16)12-4-5-13-14(10-12)19(3)18-15(13)17/h4-6,10H,7-9H2,1-3H3,(H2,17,18). The SMILES string of the molecule is Cn1nc(N)c2ccc(C3=CCC(C)(C)CC3)cc21. The number of aryl methyl sites for hydroxylation is 1. The van der Waals surface area contributed by atoms with Crippen LogP contribution in [0.15, 0.2) is 24.3 Å². The molecule has 0 bridgehead atoms. The van der Waals surface area contributed by atoms with Crippen molar-refractivity contribution >= 4 is 22.3 Å². The molecule has 0 saturated heterocycles. The van der Waals surface area contributed by atoms with Crippen LogP contribution in [0.1, 0.15) is 38.7 Å². The third kappa shape index (κ3) is 2.14. The van der Waals surface area contributed by atoms with Gasteiger partial charge in [0.2, 0.25) is 0 Å². The van der Waals surface area contributed by atoms with Crippen LogP contribution in [-0.4, -0.2) is 9.78 Å². The number of hydrogen-bond acceptors (Lipinski definition) is 2. The van der Waals surface area contributed by atoms with Crippen molar-refractivity contribution in [3.8, 4) is 0 Å². The van der Waals surface area contributed by atoms with Crippen LogP contribution in [0.4, 0.5) is 5.82 Å². The van der Waals surface area contributed by atoms with Crippen molar-refractivity contribution in [3.05, 3.63) is 29.8 Å². The lowest BCUT2D eigenvalue weighted by atomic mass is 9.77. The minimum absolute atomic E-state index is 0.449. The molecule has 1 heterocycles. The number of rotatable bonds is 1. The average molecular weight is 255 g/mol. The van der Waals surface area contributed by atoms with Gasteiger partial charge in [0.05, 0.1) is 5.52 Å².